The van der Waals surface area contributed by atoms with Crippen LogP contribution in [0.2, 0.25) is 0 Å². The van der Waals surface area contributed by atoms with E-state index >= 15 is 0 Å². The summed E-state index contributed by atoms with van der Waals surface area (Å²) in [6.45, 7) is 0.226. The minimum atomic E-state index is -1.03. The topological polar surface area (TPSA) is 84.9 Å². The number of amides is 1. The Balaban J connectivity index is 1.86. The minimum Gasteiger partial charge on any atom is -0.480 e. The molecule has 0 saturated carbocycles. The van der Waals surface area contributed by atoms with Crippen molar-refractivity contribution in [1.29, 1.82) is 0 Å². The van der Waals surface area contributed by atoms with Crippen molar-refractivity contribution < 1.29 is 24.2 Å². The average molecular weight is 349 g/mol. The lowest BCUT2D eigenvalue weighted by Gasteiger charge is -2.11. The molecular formula is C17H19NO5S. The van der Waals surface area contributed by atoms with Crippen LogP contribution in [0.3, 0.4) is 0 Å². The number of ether oxygens (including phenoxy) is 2. The molecule has 2 rings (SSSR count). The van der Waals surface area contributed by atoms with Crippen LogP contribution in [0.5, 0.6) is 11.5 Å². The highest BCUT2D eigenvalue weighted by atomic mass is 32.2. The number of rotatable bonds is 8. The van der Waals surface area contributed by atoms with Crippen LogP contribution in [0.1, 0.15) is 12.0 Å². The molecule has 0 radical (unpaired) electrons. The molecule has 24 heavy (non-hydrogen) atoms. The summed E-state index contributed by atoms with van der Waals surface area (Å²) in [5, 5.41) is 11.5. The van der Waals surface area contributed by atoms with E-state index in [0.29, 0.717) is 23.7 Å². The van der Waals surface area contributed by atoms with E-state index in [1.54, 1.807) is 12.2 Å². The summed E-state index contributed by atoms with van der Waals surface area (Å²) in [4.78, 5) is 22.8. The number of carboxylic acids is 1. The molecule has 0 aliphatic carbocycles. The van der Waals surface area contributed by atoms with Crippen LogP contribution < -0.4 is 14.8 Å². The molecule has 1 unspecified atom stereocenters. The lowest BCUT2D eigenvalue weighted by molar-refractivity contribution is -0.141. The molecule has 0 saturated heterocycles. The summed E-state index contributed by atoms with van der Waals surface area (Å²) in [5.41, 5.74) is 0.910. The molecule has 1 amide bonds. The quantitative estimate of drug-likeness (QED) is 0.553. The van der Waals surface area contributed by atoms with Gasteiger partial charge in [-0.05, 0) is 36.1 Å². The third-order valence-corrected chi connectivity index (χ3v) is 3.91. The first kappa shape index (κ1) is 17.9. The molecule has 6 nitrogen and oxygen atoms in total. The van der Waals surface area contributed by atoms with E-state index in [2.05, 4.69) is 5.32 Å². The van der Waals surface area contributed by atoms with Crippen LogP contribution in [0.15, 0.2) is 36.4 Å². The summed E-state index contributed by atoms with van der Waals surface area (Å²) >= 11 is 1.54. The Morgan fingerprint density at radius 2 is 2.12 bits per heavy atom. The fraction of sp³-hybridized carbons (Fsp3) is 0.294. The molecule has 128 valence electrons. The first-order chi connectivity index (χ1) is 11.6. The summed E-state index contributed by atoms with van der Waals surface area (Å²) in [6, 6.07) is 4.67. The molecule has 1 aliphatic rings. The Labute approximate surface area is 144 Å². The van der Waals surface area contributed by atoms with Crippen LogP contribution in [0.25, 0.3) is 6.08 Å². The predicted octanol–water partition coefficient (Wildman–Crippen LogP) is 2.31. The number of aliphatic carboxylic acids is 1. The van der Waals surface area contributed by atoms with E-state index in [4.69, 9.17) is 14.6 Å². The smallest absolute Gasteiger partial charge is 0.326 e. The Morgan fingerprint density at radius 3 is 2.88 bits per heavy atom. The first-order valence-electron chi connectivity index (χ1n) is 7.37. The molecular weight excluding hydrogens is 330 g/mol. The molecule has 0 bridgehead atoms. The van der Waals surface area contributed by atoms with Gasteiger partial charge in [-0.25, -0.2) is 4.79 Å². The normalized spacial score (nSPS) is 14.2. The van der Waals surface area contributed by atoms with E-state index < -0.39 is 17.9 Å². The predicted molar refractivity (Wildman–Crippen MR) is 93.3 cm³/mol. The van der Waals surface area contributed by atoms with Gasteiger partial charge >= 0.3 is 5.97 Å². The van der Waals surface area contributed by atoms with Gasteiger partial charge in [-0.1, -0.05) is 24.3 Å². The van der Waals surface area contributed by atoms with Gasteiger partial charge in [-0.2, -0.15) is 11.8 Å². The zero-order valence-corrected chi connectivity index (χ0v) is 14.0. The van der Waals surface area contributed by atoms with Crippen molar-refractivity contribution in [1.82, 2.24) is 5.32 Å². The molecule has 2 N–H and O–H groups in total. The van der Waals surface area contributed by atoms with Gasteiger partial charge in [0.05, 0.1) is 0 Å². The SMILES string of the molecule is CSCCC(NC(=O)/C=C/C=C/c1ccc2c(c1)OCO2)C(=O)O. The Kier molecular flexibility index (Phi) is 6.74. The highest BCUT2D eigenvalue weighted by Crippen LogP contribution is 2.32. The Bertz CT molecular complexity index is 656. The van der Waals surface area contributed by atoms with Crippen molar-refractivity contribution >= 4 is 29.7 Å². The zero-order chi connectivity index (χ0) is 17.4. The van der Waals surface area contributed by atoms with Crippen LogP contribution >= 0.6 is 11.8 Å². The van der Waals surface area contributed by atoms with Crippen LogP contribution in [-0.4, -0.2) is 41.8 Å². The van der Waals surface area contributed by atoms with Gasteiger partial charge in [0.2, 0.25) is 12.7 Å². The number of carbonyl (C=O) groups is 2. The molecule has 1 heterocycles. The average Bonchev–Trinajstić information content (AvgIpc) is 3.03. The van der Waals surface area contributed by atoms with Crippen LogP contribution in [0, 0.1) is 0 Å². The maximum Gasteiger partial charge on any atom is 0.326 e. The Morgan fingerprint density at radius 1 is 1.33 bits per heavy atom. The fourth-order valence-electron chi connectivity index (χ4n) is 2.04. The van der Waals surface area contributed by atoms with E-state index in [0.717, 1.165) is 5.56 Å². The number of carbonyl (C=O) groups excluding carboxylic acids is 1. The number of hydrogen-bond acceptors (Lipinski definition) is 5. The van der Waals surface area contributed by atoms with Crippen molar-refractivity contribution in [3.63, 3.8) is 0 Å². The number of allylic oxidation sites excluding steroid dienone is 2. The highest BCUT2D eigenvalue weighted by molar-refractivity contribution is 7.98. The van der Waals surface area contributed by atoms with Gasteiger partial charge in [-0.3, -0.25) is 4.79 Å². The molecule has 0 aromatic heterocycles. The molecule has 7 heteroatoms. The Hall–Kier alpha value is -2.41. The van der Waals surface area contributed by atoms with Gasteiger partial charge in [0.25, 0.3) is 0 Å². The van der Waals surface area contributed by atoms with Gasteiger partial charge in [-0.15, -0.1) is 0 Å². The maximum atomic E-state index is 11.7. The number of nitrogens with one attached hydrogen (secondary N) is 1. The molecule has 0 spiro atoms. The second-order valence-corrected chi connectivity index (χ2v) is 6.00. The van der Waals surface area contributed by atoms with E-state index in [1.807, 2.05) is 30.5 Å². The number of carboxylic acid groups (broad SMARTS) is 1. The standard InChI is InChI=1S/C17H19NO5S/c1-24-9-8-13(17(20)21)18-16(19)5-3-2-4-12-6-7-14-15(10-12)23-11-22-14/h2-7,10,13H,8-9,11H2,1H3,(H,18,19)(H,20,21)/b4-2+,5-3+. The van der Waals surface area contributed by atoms with E-state index in [1.165, 1.54) is 17.8 Å². The van der Waals surface area contributed by atoms with Gasteiger partial charge < -0.3 is 19.9 Å². The van der Waals surface area contributed by atoms with E-state index in [9.17, 15) is 9.59 Å². The summed E-state index contributed by atoms with van der Waals surface area (Å²) in [7, 11) is 0. The van der Waals surface area contributed by atoms with E-state index in [-0.39, 0.29) is 6.79 Å². The first-order valence-corrected chi connectivity index (χ1v) is 8.76. The molecule has 1 atom stereocenters. The van der Waals surface area contributed by atoms with Crippen molar-refractivity contribution in [2.75, 3.05) is 18.8 Å². The lowest BCUT2D eigenvalue weighted by atomic mass is 10.2. The highest BCUT2D eigenvalue weighted by Gasteiger charge is 2.17. The second-order valence-electron chi connectivity index (χ2n) is 5.01. The van der Waals surface area contributed by atoms with Crippen LogP contribution in [0.4, 0.5) is 0 Å². The van der Waals surface area contributed by atoms with Gasteiger partial charge in [0.1, 0.15) is 6.04 Å². The third kappa shape index (κ3) is 5.34. The molecule has 0 fully saturated rings. The third-order valence-electron chi connectivity index (χ3n) is 3.27. The lowest BCUT2D eigenvalue weighted by Crippen LogP contribution is -2.40. The number of thioether (sulfide) groups is 1. The van der Waals surface area contributed by atoms with Crippen molar-refractivity contribution in [3.8, 4) is 11.5 Å². The second kappa shape index (κ2) is 9.02. The molecule has 1 aliphatic heterocycles. The summed E-state index contributed by atoms with van der Waals surface area (Å²) < 4.78 is 10.5. The van der Waals surface area contributed by atoms with Crippen molar-refractivity contribution in [2.45, 2.75) is 12.5 Å². The van der Waals surface area contributed by atoms with Crippen LogP contribution in [-0.2, 0) is 9.59 Å². The number of fused-ring (bicyclic) bond motifs is 1. The monoisotopic (exact) mass is 349 g/mol. The molecule has 1 aromatic rings. The van der Waals surface area contributed by atoms with Crippen molar-refractivity contribution in [2.24, 2.45) is 0 Å². The van der Waals surface area contributed by atoms with Gasteiger partial charge in [0.15, 0.2) is 11.5 Å². The minimum absolute atomic E-state index is 0.226. The van der Waals surface area contributed by atoms with Gasteiger partial charge in [0, 0.05) is 6.08 Å². The number of benzene rings is 1. The molecule has 1 aromatic carbocycles. The number of hydrogen-bond donors (Lipinski definition) is 2. The summed E-state index contributed by atoms with van der Waals surface area (Å²) in [6.07, 6.45) is 8.67. The maximum absolute atomic E-state index is 11.7. The fourth-order valence-corrected chi connectivity index (χ4v) is 2.51. The summed E-state index contributed by atoms with van der Waals surface area (Å²) in [5.74, 6) is 0.620. The zero-order valence-electron chi connectivity index (χ0n) is 13.2. The largest absolute Gasteiger partial charge is 0.480 e. The van der Waals surface area contributed by atoms with Crippen molar-refractivity contribution in [3.05, 3.63) is 42.0 Å².